The van der Waals surface area contributed by atoms with Crippen molar-refractivity contribution in [3.8, 4) is 0 Å². The van der Waals surface area contributed by atoms with Crippen molar-refractivity contribution in [2.24, 2.45) is 0 Å². The molecule has 1 aliphatic rings. The van der Waals surface area contributed by atoms with Gasteiger partial charge in [-0.15, -0.1) is 0 Å². The fourth-order valence-electron chi connectivity index (χ4n) is 1.79. The Bertz CT molecular complexity index is 428. The number of amides is 1. The molecule has 1 saturated heterocycles. The SMILES string of the molecule is O=C(/C=C/c1ccc(F)cc1)N1CC[C@@H](O)C1. The number of aliphatic hydroxyl groups is 1. The molecule has 17 heavy (non-hydrogen) atoms. The quantitative estimate of drug-likeness (QED) is 0.788. The molecule has 1 heterocycles. The Balaban J connectivity index is 1.96. The fraction of sp³-hybridized carbons (Fsp3) is 0.308. The molecule has 1 atom stereocenters. The van der Waals surface area contributed by atoms with Gasteiger partial charge in [-0.2, -0.15) is 0 Å². The van der Waals surface area contributed by atoms with E-state index in [1.54, 1.807) is 23.1 Å². The minimum atomic E-state index is -0.404. The van der Waals surface area contributed by atoms with Gasteiger partial charge in [0.1, 0.15) is 5.82 Å². The molecule has 1 aliphatic heterocycles. The van der Waals surface area contributed by atoms with Gasteiger partial charge < -0.3 is 10.0 Å². The van der Waals surface area contributed by atoms with Crippen molar-refractivity contribution in [1.29, 1.82) is 0 Å². The Kier molecular flexibility index (Phi) is 3.54. The van der Waals surface area contributed by atoms with E-state index in [1.165, 1.54) is 18.2 Å². The Labute approximate surface area is 99.2 Å². The summed E-state index contributed by atoms with van der Waals surface area (Å²) in [5.74, 6) is -0.415. The number of β-amino-alcohol motifs (C(OH)–C–C–N with tert-alkyl or cyclic N) is 1. The summed E-state index contributed by atoms with van der Waals surface area (Å²) in [6.07, 6.45) is 3.33. The number of halogens is 1. The van der Waals surface area contributed by atoms with E-state index in [-0.39, 0.29) is 11.7 Å². The predicted octanol–water partition coefficient (Wildman–Crippen LogP) is 1.43. The van der Waals surface area contributed by atoms with Gasteiger partial charge in [0.15, 0.2) is 0 Å². The zero-order valence-corrected chi connectivity index (χ0v) is 9.34. The van der Waals surface area contributed by atoms with Crippen molar-refractivity contribution < 1.29 is 14.3 Å². The first-order valence-electron chi connectivity index (χ1n) is 5.56. The summed E-state index contributed by atoms with van der Waals surface area (Å²) < 4.78 is 12.6. The van der Waals surface area contributed by atoms with E-state index in [4.69, 9.17) is 0 Å². The molecular weight excluding hydrogens is 221 g/mol. The molecule has 1 N–H and O–H groups in total. The van der Waals surface area contributed by atoms with Crippen molar-refractivity contribution in [3.63, 3.8) is 0 Å². The molecule has 0 saturated carbocycles. The Hall–Kier alpha value is -1.68. The first-order valence-corrected chi connectivity index (χ1v) is 5.56. The molecule has 1 amide bonds. The summed E-state index contributed by atoms with van der Waals surface area (Å²) in [7, 11) is 0. The number of carbonyl (C=O) groups is 1. The van der Waals surface area contributed by atoms with Gasteiger partial charge in [-0.25, -0.2) is 4.39 Å². The number of hydrogen-bond donors (Lipinski definition) is 1. The van der Waals surface area contributed by atoms with E-state index in [2.05, 4.69) is 0 Å². The Morgan fingerprint density at radius 1 is 1.41 bits per heavy atom. The number of carbonyl (C=O) groups excluding carboxylic acids is 1. The molecule has 90 valence electrons. The van der Waals surface area contributed by atoms with Crippen molar-refractivity contribution in [1.82, 2.24) is 4.90 Å². The first kappa shape index (κ1) is 11.8. The van der Waals surface area contributed by atoms with E-state index < -0.39 is 6.10 Å². The van der Waals surface area contributed by atoms with Crippen LogP contribution in [-0.2, 0) is 4.79 Å². The van der Waals surface area contributed by atoms with Crippen molar-refractivity contribution in [2.45, 2.75) is 12.5 Å². The van der Waals surface area contributed by atoms with Gasteiger partial charge in [0.05, 0.1) is 6.10 Å². The van der Waals surface area contributed by atoms with Gasteiger partial charge in [-0.05, 0) is 30.2 Å². The molecule has 1 aromatic rings. The monoisotopic (exact) mass is 235 g/mol. The minimum absolute atomic E-state index is 0.120. The maximum atomic E-state index is 12.6. The largest absolute Gasteiger partial charge is 0.391 e. The lowest BCUT2D eigenvalue weighted by molar-refractivity contribution is -0.125. The summed E-state index contributed by atoms with van der Waals surface area (Å²) >= 11 is 0. The van der Waals surface area contributed by atoms with Gasteiger partial charge in [0, 0.05) is 19.2 Å². The third-order valence-electron chi connectivity index (χ3n) is 2.76. The number of aliphatic hydroxyl groups excluding tert-OH is 1. The highest BCUT2D eigenvalue weighted by Gasteiger charge is 2.22. The minimum Gasteiger partial charge on any atom is -0.391 e. The number of rotatable bonds is 2. The molecule has 3 nitrogen and oxygen atoms in total. The van der Waals surface area contributed by atoms with Gasteiger partial charge in [-0.1, -0.05) is 12.1 Å². The maximum absolute atomic E-state index is 12.6. The van der Waals surface area contributed by atoms with Crippen LogP contribution < -0.4 is 0 Å². The van der Waals surface area contributed by atoms with Gasteiger partial charge in [0.2, 0.25) is 5.91 Å². The van der Waals surface area contributed by atoms with Gasteiger partial charge >= 0.3 is 0 Å². The van der Waals surface area contributed by atoms with Crippen LogP contribution in [0, 0.1) is 5.82 Å². The lowest BCUT2D eigenvalue weighted by Gasteiger charge is -2.12. The molecule has 1 aromatic carbocycles. The van der Waals surface area contributed by atoms with Crippen LogP contribution in [0.1, 0.15) is 12.0 Å². The van der Waals surface area contributed by atoms with E-state index in [0.717, 1.165) is 5.56 Å². The molecule has 0 aliphatic carbocycles. The van der Waals surface area contributed by atoms with Crippen molar-refractivity contribution in [2.75, 3.05) is 13.1 Å². The maximum Gasteiger partial charge on any atom is 0.246 e. The van der Waals surface area contributed by atoms with Gasteiger partial charge in [-0.3, -0.25) is 4.79 Å². The van der Waals surface area contributed by atoms with Crippen LogP contribution in [-0.4, -0.2) is 35.1 Å². The van der Waals surface area contributed by atoms with E-state index in [1.807, 2.05) is 0 Å². The molecule has 0 spiro atoms. The summed E-state index contributed by atoms with van der Waals surface area (Å²) in [5.41, 5.74) is 0.777. The normalized spacial score (nSPS) is 20.1. The zero-order valence-electron chi connectivity index (χ0n) is 9.34. The highest BCUT2D eigenvalue weighted by Crippen LogP contribution is 2.10. The summed E-state index contributed by atoms with van der Waals surface area (Å²) in [5, 5.41) is 9.30. The molecule has 1 fully saturated rings. The predicted molar refractivity (Wildman–Crippen MR) is 62.6 cm³/mol. The highest BCUT2D eigenvalue weighted by atomic mass is 19.1. The van der Waals surface area contributed by atoms with E-state index >= 15 is 0 Å². The molecule has 0 unspecified atom stereocenters. The molecular formula is C13H14FNO2. The smallest absolute Gasteiger partial charge is 0.246 e. The third-order valence-corrected chi connectivity index (χ3v) is 2.76. The fourth-order valence-corrected chi connectivity index (χ4v) is 1.79. The number of hydrogen-bond acceptors (Lipinski definition) is 2. The molecule has 0 bridgehead atoms. The molecule has 4 heteroatoms. The average Bonchev–Trinajstić information content (AvgIpc) is 2.75. The Morgan fingerprint density at radius 2 is 2.12 bits per heavy atom. The summed E-state index contributed by atoms with van der Waals surface area (Å²) in [6.45, 7) is 0.986. The molecule has 0 aromatic heterocycles. The molecule has 2 rings (SSSR count). The van der Waals surface area contributed by atoms with Crippen molar-refractivity contribution >= 4 is 12.0 Å². The molecule has 0 radical (unpaired) electrons. The van der Waals surface area contributed by atoms with E-state index in [0.29, 0.717) is 19.5 Å². The van der Waals surface area contributed by atoms with Crippen LogP contribution in [0.25, 0.3) is 6.08 Å². The van der Waals surface area contributed by atoms with Gasteiger partial charge in [0.25, 0.3) is 0 Å². The van der Waals surface area contributed by atoms with Crippen LogP contribution in [0.3, 0.4) is 0 Å². The van der Waals surface area contributed by atoms with E-state index in [9.17, 15) is 14.3 Å². The van der Waals surface area contributed by atoms with Crippen LogP contribution >= 0.6 is 0 Å². The Morgan fingerprint density at radius 3 is 2.71 bits per heavy atom. The lowest BCUT2D eigenvalue weighted by Crippen LogP contribution is -2.27. The number of likely N-dealkylation sites (tertiary alicyclic amines) is 1. The summed E-state index contributed by atoms with van der Waals surface area (Å²) in [4.78, 5) is 13.3. The standard InChI is InChI=1S/C13H14FNO2/c14-11-4-1-10(2-5-11)3-6-13(17)15-8-7-12(16)9-15/h1-6,12,16H,7-9H2/b6-3+/t12-/m1/s1. The second kappa shape index (κ2) is 5.10. The first-order chi connectivity index (χ1) is 8.15. The third kappa shape index (κ3) is 3.14. The number of nitrogens with zero attached hydrogens (tertiary/aromatic N) is 1. The number of benzene rings is 1. The van der Waals surface area contributed by atoms with Crippen LogP contribution in [0.15, 0.2) is 30.3 Å². The highest BCUT2D eigenvalue weighted by molar-refractivity contribution is 5.91. The average molecular weight is 235 g/mol. The second-order valence-corrected chi connectivity index (χ2v) is 4.11. The lowest BCUT2D eigenvalue weighted by atomic mass is 10.2. The van der Waals surface area contributed by atoms with Crippen LogP contribution in [0.5, 0.6) is 0 Å². The topological polar surface area (TPSA) is 40.5 Å². The second-order valence-electron chi connectivity index (χ2n) is 4.11. The summed E-state index contributed by atoms with van der Waals surface area (Å²) in [6, 6.07) is 5.92. The van der Waals surface area contributed by atoms with Crippen molar-refractivity contribution in [3.05, 3.63) is 41.7 Å². The zero-order chi connectivity index (χ0) is 12.3. The van der Waals surface area contributed by atoms with Crippen LogP contribution in [0.2, 0.25) is 0 Å². The van der Waals surface area contributed by atoms with Crippen LogP contribution in [0.4, 0.5) is 4.39 Å².